The first-order valence-electron chi connectivity index (χ1n) is 11.6. The van der Waals surface area contributed by atoms with Crippen molar-refractivity contribution in [3.05, 3.63) is 72.3 Å². The Morgan fingerprint density at radius 3 is 2.29 bits per heavy atom. The third kappa shape index (κ3) is 9.57. The molecule has 0 aliphatic heterocycles. The molecular formula is C26H36BClN2S. The highest BCUT2D eigenvalue weighted by molar-refractivity contribution is 7.99. The Morgan fingerprint density at radius 1 is 0.935 bits per heavy atom. The number of hydrogen-bond donors (Lipinski definition) is 0. The molecule has 0 fully saturated rings. The van der Waals surface area contributed by atoms with E-state index in [2.05, 4.69) is 60.6 Å². The van der Waals surface area contributed by atoms with Gasteiger partial charge in [-0.2, -0.15) is 0 Å². The molecule has 2 nitrogen and oxygen atoms in total. The minimum absolute atomic E-state index is 0.333. The first kappa shape index (κ1) is 25.6. The summed E-state index contributed by atoms with van der Waals surface area (Å²) in [5.41, 5.74) is 2.50. The highest BCUT2D eigenvalue weighted by atomic mass is 35.5. The van der Waals surface area contributed by atoms with Gasteiger partial charge in [0.25, 0.3) is 0 Å². The number of aryl methyl sites for hydroxylation is 1. The summed E-state index contributed by atoms with van der Waals surface area (Å²) in [6.07, 6.45) is 13.9. The molecule has 0 amide bonds. The molecule has 0 N–H and O–H groups in total. The molecule has 3 aromatic rings. The minimum Gasteiger partial charge on any atom is -0.337 e. The minimum atomic E-state index is 0.333. The number of halogens is 1. The number of thioether (sulfide) groups is 1. The van der Waals surface area contributed by atoms with Crippen LogP contribution in [0.25, 0.3) is 0 Å². The predicted octanol–water partition coefficient (Wildman–Crippen LogP) is 6.93. The Bertz CT molecular complexity index is 837. The second-order valence-corrected chi connectivity index (χ2v) is 9.56. The molecule has 2 aromatic carbocycles. The van der Waals surface area contributed by atoms with Crippen molar-refractivity contribution < 1.29 is 0 Å². The Hall–Kier alpha value is -1.65. The van der Waals surface area contributed by atoms with Crippen molar-refractivity contribution in [1.82, 2.24) is 9.55 Å². The third-order valence-corrected chi connectivity index (χ3v) is 6.63. The lowest BCUT2D eigenvalue weighted by molar-refractivity contribution is 0.558. The standard InChI is InChI=1S/C15H16BClS.C11H20N2/c1-3-18-13-10-8-12(9-11-13)16(2)14-6-4-5-7-15(14)17;1-2-3-4-5-6-7-9-13-10-8-12-11-13/h4-11H,3H2,1-2H3;8,10-11H,2-7,9H2,1H3. The van der Waals surface area contributed by atoms with Gasteiger partial charge in [-0.25, -0.2) is 4.98 Å². The maximum atomic E-state index is 6.25. The Labute approximate surface area is 198 Å². The van der Waals surface area contributed by atoms with Gasteiger partial charge < -0.3 is 4.57 Å². The van der Waals surface area contributed by atoms with Crippen molar-refractivity contribution >= 4 is 41.0 Å². The van der Waals surface area contributed by atoms with Gasteiger partial charge in [0.1, 0.15) is 0 Å². The molecule has 0 aliphatic carbocycles. The average Bonchev–Trinajstić information content (AvgIpc) is 3.31. The Kier molecular flexibility index (Phi) is 12.6. The molecule has 0 radical (unpaired) electrons. The summed E-state index contributed by atoms with van der Waals surface area (Å²) in [4.78, 5) is 5.34. The Morgan fingerprint density at radius 2 is 1.65 bits per heavy atom. The molecule has 0 aliphatic rings. The zero-order valence-electron chi connectivity index (χ0n) is 19.3. The van der Waals surface area contributed by atoms with Crippen molar-refractivity contribution in [2.75, 3.05) is 5.75 Å². The summed E-state index contributed by atoms with van der Waals surface area (Å²) in [5.74, 6) is 1.11. The number of benzene rings is 2. The maximum absolute atomic E-state index is 6.25. The van der Waals surface area contributed by atoms with Crippen LogP contribution in [0.2, 0.25) is 11.8 Å². The van der Waals surface area contributed by atoms with Gasteiger partial charge in [0.2, 0.25) is 6.71 Å². The molecule has 0 spiro atoms. The van der Waals surface area contributed by atoms with Gasteiger partial charge >= 0.3 is 0 Å². The van der Waals surface area contributed by atoms with Crippen LogP contribution in [-0.4, -0.2) is 22.0 Å². The van der Waals surface area contributed by atoms with Crippen LogP contribution in [0.15, 0.2) is 72.1 Å². The molecule has 0 saturated heterocycles. The summed E-state index contributed by atoms with van der Waals surface area (Å²) in [6, 6.07) is 16.8. The van der Waals surface area contributed by atoms with Crippen LogP contribution < -0.4 is 10.9 Å². The average molecular weight is 455 g/mol. The molecule has 0 atom stereocenters. The number of aromatic nitrogens is 2. The highest BCUT2D eigenvalue weighted by Gasteiger charge is 2.15. The number of nitrogens with zero attached hydrogens (tertiary/aromatic N) is 2. The van der Waals surface area contributed by atoms with Gasteiger partial charge in [0, 0.05) is 28.9 Å². The monoisotopic (exact) mass is 454 g/mol. The first-order chi connectivity index (χ1) is 15.2. The van der Waals surface area contributed by atoms with Crippen molar-refractivity contribution in [3.8, 4) is 0 Å². The summed E-state index contributed by atoms with van der Waals surface area (Å²) in [6.45, 7) is 8.09. The van der Waals surface area contributed by atoms with Crippen LogP contribution >= 0.6 is 23.4 Å². The van der Waals surface area contributed by atoms with Crippen LogP contribution in [-0.2, 0) is 6.54 Å². The molecular weight excluding hydrogens is 419 g/mol. The topological polar surface area (TPSA) is 17.8 Å². The van der Waals surface area contributed by atoms with E-state index in [4.69, 9.17) is 11.6 Å². The second-order valence-electron chi connectivity index (χ2n) is 7.81. The van der Waals surface area contributed by atoms with Crippen molar-refractivity contribution in [2.24, 2.45) is 0 Å². The van der Waals surface area contributed by atoms with E-state index in [0.29, 0.717) is 6.71 Å². The molecule has 0 unspecified atom stereocenters. The van der Waals surface area contributed by atoms with Crippen LogP contribution in [0.3, 0.4) is 0 Å². The molecule has 166 valence electrons. The lowest BCUT2D eigenvalue weighted by atomic mass is 9.42. The summed E-state index contributed by atoms with van der Waals surface area (Å²) in [5, 5.41) is 0.844. The van der Waals surface area contributed by atoms with E-state index < -0.39 is 0 Å². The predicted molar refractivity (Wildman–Crippen MR) is 141 cm³/mol. The third-order valence-electron chi connectivity index (χ3n) is 5.39. The molecule has 31 heavy (non-hydrogen) atoms. The van der Waals surface area contributed by atoms with Gasteiger partial charge in [-0.15, -0.1) is 11.8 Å². The summed E-state index contributed by atoms with van der Waals surface area (Å²) < 4.78 is 2.15. The smallest absolute Gasteiger partial charge is 0.208 e. The quantitative estimate of drug-likeness (QED) is 0.177. The SMILES string of the molecule is CCCCCCCCn1ccnc1.CCSc1ccc(B(C)c2ccccc2Cl)cc1. The molecule has 0 bridgehead atoms. The lowest BCUT2D eigenvalue weighted by Crippen LogP contribution is -2.39. The largest absolute Gasteiger partial charge is 0.337 e. The van der Waals surface area contributed by atoms with E-state index in [-0.39, 0.29) is 0 Å². The van der Waals surface area contributed by atoms with E-state index in [9.17, 15) is 0 Å². The number of rotatable bonds is 11. The van der Waals surface area contributed by atoms with Crippen LogP contribution in [0, 0.1) is 0 Å². The van der Waals surface area contributed by atoms with E-state index in [1.54, 1.807) is 0 Å². The van der Waals surface area contributed by atoms with Gasteiger partial charge in [0.05, 0.1) is 6.33 Å². The molecule has 5 heteroatoms. The fourth-order valence-corrected chi connectivity index (χ4v) is 4.48. The van der Waals surface area contributed by atoms with E-state index >= 15 is 0 Å². The second kappa shape index (κ2) is 15.2. The van der Waals surface area contributed by atoms with Crippen molar-refractivity contribution in [2.45, 2.75) is 70.6 Å². The summed E-state index contributed by atoms with van der Waals surface area (Å²) in [7, 11) is 0. The van der Waals surface area contributed by atoms with Crippen LogP contribution in [0.4, 0.5) is 0 Å². The zero-order valence-corrected chi connectivity index (χ0v) is 20.8. The zero-order chi connectivity index (χ0) is 22.3. The Balaban J connectivity index is 0.000000233. The maximum Gasteiger partial charge on any atom is 0.208 e. The number of unbranched alkanes of at least 4 members (excludes halogenated alkanes) is 5. The lowest BCUT2D eigenvalue weighted by Gasteiger charge is -2.11. The van der Waals surface area contributed by atoms with Gasteiger partial charge in [-0.1, -0.05) is 106 Å². The van der Waals surface area contributed by atoms with Gasteiger partial charge in [0.15, 0.2) is 0 Å². The van der Waals surface area contributed by atoms with Crippen molar-refractivity contribution in [1.29, 1.82) is 0 Å². The fourth-order valence-electron chi connectivity index (χ4n) is 3.52. The first-order valence-corrected chi connectivity index (χ1v) is 12.9. The number of imidazole rings is 1. The molecule has 1 aromatic heterocycles. The normalized spacial score (nSPS) is 10.5. The van der Waals surface area contributed by atoms with Crippen molar-refractivity contribution in [3.63, 3.8) is 0 Å². The summed E-state index contributed by atoms with van der Waals surface area (Å²) >= 11 is 8.11. The van der Waals surface area contributed by atoms with E-state index in [1.807, 2.05) is 48.7 Å². The van der Waals surface area contributed by atoms with Gasteiger partial charge in [-0.3, -0.25) is 0 Å². The van der Waals surface area contributed by atoms with Crippen LogP contribution in [0.5, 0.6) is 0 Å². The molecule has 0 saturated carbocycles. The van der Waals surface area contributed by atoms with Crippen LogP contribution in [0.1, 0.15) is 52.4 Å². The van der Waals surface area contributed by atoms with Gasteiger partial charge in [-0.05, 0) is 30.4 Å². The molecule has 3 rings (SSSR count). The fraction of sp³-hybridized carbons (Fsp3) is 0.423. The van der Waals surface area contributed by atoms with E-state index in [0.717, 1.165) is 17.3 Å². The highest BCUT2D eigenvalue weighted by Crippen LogP contribution is 2.15. The number of hydrogen-bond acceptors (Lipinski definition) is 2. The molecule has 1 heterocycles. The van der Waals surface area contributed by atoms with E-state index in [1.165, 1.54) is 54.3 Å².